The summed E-state index contributed by atoms with van der Waals surface area (Å²) < 4.78 is 15.3. The summed E-state index contributed by atoms with van der Waals surface area (Å²) in [6, 6.07) is 7.20. The van der Waals surface area contributed by atoms with E-state index < -0.39 is 0 Å². The fraction of sp³-hybridized carbons (Fsp3) is 0.438. The first kappa shape index (κ1) is 14.7. The fourth-order valence-corrected chi connectivity index (χ4v) is 2.45. The molecule has 1 aromatic carbocycles. The molecule has 20 heavy (non-hydrogen) atoms. The largest absolute Gasteiger partial charge is 0.338 e. The summed E-state index contributed by atoms with van der Waals surface area (Å²) in [4.78, 5) is 4.34. The maximum absolute atomic E-state index is 13.2. The Labute approximate surface area is 119 Å². The van der Waals surface area contributed by atoms with E-state index in [4.69, 9.17) is 0 Å². The van der Waals surface area contributed by atoms with Crippen LogP contribution in [-0.4, -0.2) is 22.1 Å². The van der Waals surface area contributed by atoms with Crippen molar-refractivity contribution in [3.63, 3.8) is 0 Å². The van der Waals surface area contributed by atoms with Crippen molar-refractivity contribution in [2.75, 3.05) is 6.54 Å². The minimum Gasteiger partial charge on any atom is -0.338 e. The second-order valence-corrected chi connectivity index (χ2v) is 5.08. The smallest absolute Gasteiger partial charge is 0.123 e. The molecule has 0 aliphatic heterocycles. The third-order valence-corrected chi connectivity index (χ3v) is 3.50. The van der Waals surface area contributed by atoms with Crippen molar-refractivity contribution < 1.29 is 4.39 Å². The van der Waals surface area contributed by atoms with Crippen LogP contribution in [0.3, 0.4) is 0 Å². The zero-order valence-electron chi connectivity index (χ0n) is 12.1. The van der Waals surface area contributed by atoms with Crippen molar-refractivity contribution >= 4 is 0 Å². The molecule has 0 saturated carbocycles. The van der Waals surface area contributed by atoms with Crippen molar-refractivity contribution in [1.29, 1.82) is 0 Å². The summed E-state index contributed by atoms with van der Waals surface area (Å²) >= 11 is 0. The second-order valence-electron chi connectivity index (χ2n) is 5.08. The van der Waals surface area contributed by atoms with Gasteiger partial charge in [0, 0.05) is 31.9 Å². The number of imidazole rings is 1. The Balaban J connectivity index is 1.95. The summed E-state index contributed by atoms with van der Waals surface area (Å²) in [7, 11) is 2.01. The predicted octanol–water partition coefficient (Wildman–Crippen LogP) is 2.71. The molecule has 0 saturated heterocycles. The van der Waals surface area contributed by atoms with Gasteiger partial charge in [-0.1, -0.05) is 19.1 Å². The van der Waals surface area contributed by atoms with Gasteiger partial charge in [-0.15, -0.1) is 0 Å². The van der Waals surface area contributed by atoms with Crippen LogP contribution in [0.1, 0.15) is 24.7 Å². The molecule has 4 heteroatoms. The van der Waals surface area contributed by atoms with Crippen LogP contribution in [0.15, 0.2) is 36.7 Å². The lowest BCUT2D eigenvalue weighted by atomic mass is 10.0. The first-order chi connectivity index (χ1) is 9.69. The highest BCUT2D eigenvalue weighted by Crippen LogP contribution is 2.10. The first-order valence-corrected chi connectivity index (χ1v) is 7.13. The van der Waals surface area contributed by atoms with Gasteiger partial charge in [0.15, 0.2) is 0 Å². The molecule has 2 aromatic rings. The molecule has 0 amide bonds. The Morgan fingerprint density at radius 1 is 1.40 bits per heavy atom. The van der Waals surface area contributed by atoms with Gasteiger partial charge in [0.2, 0.25) is 0 Å². The molecule has 0 fully saturated rings. The van der Waals surface area contributed by atoms with E-state index >= 15 is 0 Å². The van der Waals surface area contributed by atoms with Gasteiger partial charge < -0.3 is 9.88 Å². The van der Waals surface area contributed by atoms with Gasteiger partial charge in [0.25, 0.3) is 0 Å². The van der Waals surface area contributed by atoms with E-state index in [0.29, 0.717) is 6.04 Å². The molecular weight excluding hydrogens is 253 g/mol. The van der Waals surface area contributed by atoms with Gasteiger partial charge in [0.1, 0.15) is 11.6 Å². The number of hydrogen-bond donors (Lipinski definition) is 1. The third-order valence-electron chi connectivity index (χ3n) is 3.50. The monoisotopic (exact) mass is 275 g/mol. The lowest BCUT2D eigenvalue weighted by molar-refractivity contribution is 0.482. The Hall–Kier alpha value is -1.68. The van der Waals surface area contributed by atoms with Crippen LogP contribution < -0.4 is 5.32 Å². The highest BCUT2D eigenvalue weighted by atomic mass is 19.1. The number of aryl methyl sites for hydroxylation is 2. The summed E-state index contributed by atoms with van der Waals surface area (Å²) in [5, 5.41) is 3.47. The molecule has 0 bridgehead atoms. The van der Waals surface area contributed by atoms with Crippen LogP contribution in [0, 0.1) is 5.82 Å². The van der Waals surface area contributed by atoms with E-state index in [1.165, 1.54) is 6.07 Å². The third kappa shape index (κ3) is 4.17. The highest BCUT2D eigenvalue weighted by molar-refractivity contribution is 5.17. The minimum atomic E-state index is -0.165. The first-order valence-electron chi connectivity index (χ1n) is 7.13. The Morgan fingerprint density at radius 2 is 2.25 bits per heavy atom. The zero-order chi connectivity index (χ0) is 14.4. The van der Waals surface area contributed by atoms with Crippen LogP contribution in [0.5, 0.6) is 0 Å². The number of likely N-dealkylation sites (N-methyl/N-ethyl adjacent to an activating group) is 1. The van der Waals surface area contributed by atoms with Gasteiger partial charge in [-0.3, -0.25) is 0 Å². The average molecular weight is 275 g/mol. The predicted molar refractivity (Wildman–Crippen MR) is 79.1 cm³/mol. The van der Waals surface area contributed by atoms with E-state index in [1.54, 1.807) is 12.1 Å². The number of nitrogens with zero attached hydrogens (tertiary/aromatic N) is 2. The molecule has 1 unspecified atom stereocenters. The Morgan fingerprint density at radius 3 is 2.90 bits per heavy atom. The second kappa shape index (κ2) is 7.20. The molecule has 2 rings (SSSR count). The van der Waals surface area contributed by atoms with E-state index in [9.17, 15) is 4.39 Å². The summed E-state index contributed by atoms with van der Waals surface area (Å²) in [5.74, 6) is 0.925. The lowest BCUT2D eigenvalue weighted by Gasteiger charge is -2.18. The van der Waals surface area contributed by atoms with Gasteiger partial charge >= 0.3 is 0 Å². The SMILES string of the molecule is CCNC(CCc1nccn1C)Cc1cccc(F)c1. The van der Waals surface area contributed by atoms with Gasteiger partial charge in [0.05, 0.1) is 0 Å². The molecular formula is C16H22FN3. The van der Waals surface area contributed by atoms with Crippen LogP contribution in [-0.2, 0) is 19.9 Å². The van der Waals surface area contributed by atoms with Gasteiger partial charge in [-0.05, 0) is 37.1 Å². The topological polar surface area (TPSA) is 29.9 Å². The van der Waals surface area contributed by atoms with Crippen molar-refractivity contribution in [2.45, 2.75) is 32.2 Å². The van der Waals surface area contributed by atoms with Crippen LogP contribution in [0.4, 0.5) is 4.39 Å². The fourth-order valence-electron chi connectivity index (χ4n) is 2.45. The van der Waals surface area contributed by atoms with Crippen LogP contribution in [0.25, 0.3) is 0 Å². The van der Waals surface area contributed by atoms with E-state index in [1.807, 2.05) is 30.1 Å². The summed E-state index contributed by atoms with van der Waals surface area (Å²) in [6.07, 6.45) is 6.55. The molecule has 0 spiro atoms. The molecule has 1 heterocycles. The number of hydrogen-bond acceptors (Lipinski definition) is 2. The molecule has 0 radical (unpaired) electrons. The molecule has 0 aliphatic rings. The van der Waals surface area contributed by atoms with Crippen LogP contribution >= 0.6 is 0 Å². The van der Waals surface area contributed by atoms with Crippen molar-refractivity contribution in [3.8, 4) is 0 Å². The number of halogens is 1. The maximum atomic E-state index is 13.2. The Kier molecular flexibility index (Phi) is 5.30. The van der Waals surface area contributed by atoms with E-state index in [0.717, 1.165) is 37.2 Å². The number of nitrogens with one attached hydrogen (secondary N) is 1. The summed E-state index contributed by atoms with van der Waals surface area (Å²) in [6.45, 7) is 3.01. The molecule has 0 aliphatic carbocycles. The van der Waals surface area contributed by atoms with Crippen LogP contribution in [0.2, 0.25) is 0 Å². The van der Waals surface area contributed by atoms with Gasteiger partial charge in [-0.25, -0.2) is 9.37 Å². The molecule has 1 atom stereocenters. The lowest BCUT2D eigenvalue weighted by Crippen LogP contribution is -2.31. The number of aromatic nitrogens is 2. The molecule has 108 valence electrons. The number of benzene rings is 1. The Bertz CT molecular complexity index is 536. The maximum Gasteiger partial charge on any atom is 0.123 e. The summed E-state index contributed by atoms with van der Waals surface area (Å²) in [5.41, 5.74) is 1.04. The van der Waals surface area contributed by atoms with Crippen molar-refractivity contribution in [3.05, 3.63) is 53.9 Å². The molecule has 1 N–H and O–H groups in total. The average Bonchev–Trinajstić information content (AvgIpc) is 2.82. The van der Waals surface area contributed by atoms with E-state index in [2.05, 4.69) is 17.2 Å². The highest BCUT2D eigenvalue weighted by Gasteiger charge is 2.10. The standard InChI is InChI=1S/C16H22FN3/c1-3-18-15(7-8-16-19-9-10-20(16)2)12-13-5-4-6-14(17)11-13/h4-6,9-11,15,18H,3,7-8,12H2,1-2H3. The van der Waals surface area contributed by atoms with E-state index in [-0.39, 0.29) is 5.82 Å². The minimum absolute atomic E-state index is 0.165. The molecule has 3 nitrogen and oxygen atoms in total. The van der Waals surface area contributed by atoms with Crippen molar-refractivity contribution in [2.24, 2.45) is 7.05 Å². The molecule has 1 aromatic heterocycles. The normalized spacial score (nSPS) is 12.6. The van der Waals surface area contributed by atoms with Crippen molar-refractivity contribution in [1.82, 2.24) is 14.9 Å². The zero-order valence-corrected chi connectivity index (χ0v) is 12.1. The van der Waals surface area contributed by atoms with Gasteiger partial charge in [-0.2, -0.15) is 0 Å². The quantitative estimate of drug-likeness (QED) is 0.842. The number of rotatable bonds is 7.